The third-order valence-corrected chi connectivity index (χ3v) is 8.92. The van der Waals surface area contributed by atoms with Crippen LogP contribution in [0, 0.1) is 17.7 Å². The van der Waals surface area contributed by atoms with Gasteiger partial charge in [0.2, 0.25) is 5.91 Å². The second-order valence-corrected chi connectivity index (χ2v) is 11.9. The molecule has 2 heterocycles. The predicted molar refractivity (Wildman–Crippen MR) is 164 cm³/mol. The maximum atomic E-state index is 14.2. The summed E-state index contributed by atoms with van der Waals surface area (Å²) < 4.78 is 31.7. The molecule has 0 radical (unpaired) electrons. The third-order valence-electron chi connectivity index (χ3n) is 8.92. The number of likely N-dealkylation sites (tertiary alicyclic amines) is 1. The van der Waals surface area contributed by atoms with Crippen molar-refractivity contribution in [3.8, 4) is 17.2 Å². The van der Waals surface area contributed by atoms with E-state index in [4.69, 9.17) is 14.2 Å². The molecular weight excluding hydrogens is 563 g/mol. The molecule has 1 aliphatic carbocycles. The van der Waals surface area contributed by atoms with Crippen molar-refractivity contribution in [3.05, 3.63) is 82.7 Å². The zero-order valence-corrected chi connectivity index (χ0v) is 25.2. The number of fused-ring (bicyclic) bond motifs is 1. The number of carbonyl (C=O) groups is 2. The fraction of sp³-hybridized carbons (Fsp3) is 0.429. The Morgan fingerprint density at radius 2 is 1.61 bits per heavy atom. The van der Waals surface area contributed by atoms with Crippen molar-refractivity contribution >= 4 is 17.6 Å². The zero-order valence-electron chi connectivity index (χ0n) is 25.2. The van der Waals surface area contributed by atoms with Gasteiger partial charge in [0.25, 0.3) is 0 Å². The highest BCUT2D eigenvalue weighted by molar-refractivity contribution is 5.94. The van der Waals surface area contributed by atoms with Crippen LogP contribution >= 0.6 is 0 Å². The van der Waals surface area contributed by atoms with Crippen LogP contribution in [0.5, 0.6) is 17.2 Å². The molecule has 0 bridgehead atoms. The number of aryl methyl sites for hydroxylation is 2. The van der Waals surface area contributed by atoms with Gasteiger partial charge >= 0.3 is 5.97 Å². The van der Waals surface area contributed by atoms with Gasteiger partial charge in [0.1, 0.15) is 24.8 Å². The molecule has 3 aromatic carbocycles. The molecule has 3 atom stereocenters. The summed E-state index contributed by atoms with van der Waals surface area (Å²) in [5.74, 6) is -0.183. The Morgan fingerprint density at radius 3 is 2.25 bits per heavy atom. The standard InChI is InChI=1S/C35H39FN2O6/c1-3-22-15-26(36)16-23(4-2)33(22)37-31(39)19-38-18-28(25-9-12-29-30(17-25)43-14-13-42-29)32(35(40)41)34(38)24-7-10-27(11-8-24)44-20-21-5-6-21/h7-12,15-17,21,28,32,34H,3-6,13-14,18-20H2,1-2H3,(H,37,39)(H,40,41)/t28-,32-,34+/m1/s1. The molecule has 232 valence electrons. The Labute approximate surface area is 257 Å². The molecule has 3 aromatic rings. The molecule has 0 spiro atoms. The second kappa shape index (κ2) is 12.9. The number of carboxylic acid groups (broad SMARTS) is 1. The Hall–Kier alpha value is -4.11. The number of rotatable bonds is 11. The first-order valence-electron chi connectivity index (χ1n) is 15.5. The van der Waals surface area contributed by atoms with Gasteiger partial charge in [0.05, 0.1) is 19.1 Å². The molecule has 1 saturated carbocycles. The molecule has 2 N–H and O–H groups in total. The van der Waals surface area contributed by atoms with Gasteiger partial charge in [-0.2, -0.15) is 0 Å². The summed E-state index contributed by atoms with van der Waals surface area (Å²) in [5.41, 5.74) is 3.71. The fourth-order valence-corrected chi connectivity index (χ4v) is 6.49. The monoisotopic (exact) mass is 602 g/mol. The van der Waals surface area contributed by atoms with E-state index in [1.165, 1.54) is 25.0 Å². The van der Waals surface area contributed by atoms with Crippen molar-refractivity contribution in [3.63, 3.8) is 0 Å². The number of amides is 1. The summed E-state index contributed by atoms with van der Waals surface area (Å²) in [6.07, 6.45) is 3.51. The van der Waals surface area contributed by atoms with Crippen molar-refractivity contribution in [2.24, 2.45) is 11.8 Å². The van der Waals surface area contributed by atoms with Crippen LogP contribution in [0.4, 0.5) is 10.1 Å². The van der Waals surface area contributed by atoms with Crippen molar-refractivity contribution in [1.29, 1.82) is 0 Å². The minimum Gasteiger partial charge on any atom is -0.493 e. The van der Waals surface area contributed by atoms with Crippen molar-refractivity contribution in [1.82, 2.24) is 4.90 Å². The SMILES string of the molecule is CCc1cc(F)cc(CC)c1NC(=O)CN1C[C@H](c2ccc3c(c2)OCCO3)[C@@H](C(=O)O)[C@@H]1c1ccc(OCC2CC2)cc1. The highest BCUT2D eigenvalue weighted by Gasteiger charge is 2.48. The lowest BCUT2D eigenvalue weighted by molar-refractivity contribution is -0.143. The van der Waals surface area contributed by atoms with E-state index in [1.807, 2.05) is 61.2 Å². The summed E-state index contributed by atoms with van der Waals surface area (Å²) in [5, 5.41) is 13.7. The number of benzene rings is 3. The van der Waals surface area contributed by atoms with E-state index in [0.29, 0.717) is 62.3 Å². The molecule has 6 rings (SSSR count). The van der Waals surface area contributed by atoms with E-state index in [9.17, 15) is 19.1 Å². The Balaban J connectivity index is 1.31. The van der Waals surface area contributed by atoms with Gasteiger partial charge in [-0.25, -0.2) is 4.39 Å². The van der Waals surface area contributed by atoms with E-state index in [-0.39, 0.29) is 18.3 Å². The molecule has 0 aromatic heterocycles. The van der Waals surface area contributed by atoms with E-state index in [0.717, 1.165) is 28.0 Å². The molecule has 2 fully saturated rings. The smallest absolute Gasteiger partial charge is 0.309 e. The Bertz CT molecular complexity index is 1500. The lowest BCUT2D eigenvalue weighted by Gasteiger charge is -2.27. The number of halogens is 1. The first kappa shape index (κ1) is 29.9. The number of hydrogen-bond donors (Lipinski definition) is 2. The molecule has 44 heavy (non-hydrogen) atoms. The number of anilines is 1. The highest BCUT2D eigenvalue weighted by Crippen LogP contribution is 2.47. The molecule has 9 heteroatoms. The third kappa shape index (κ3) is 6.38. The second-order valence-electron chi connectivity index (χ2n) is 11.9. The van der Waals surface area contributed by atoms with Crippen LogP contribution in [0.15, 0.2) is 54.6 Å². The molecular formula is C35H39FN2O6. The molecule has 0 unspecified atom stereocenters. The van der Waals surface area contributed by atoms with Crippen molar-refractivity contribution in [2.75, 3.05) is 38.2 Å². The van der Waals surface area contributed by atoms with Crippen LogP contribution in [0.2, 0.25) is 0 Å². The molecule has 8 nitrogen and oxygen atoms in total. The van der Waals surface area contributed by atoms with Crippen LogP contribution in [0.3, 0.4) is 0 Å². The van der Waals surface area contributed by atoms with Gasteiger partial charge in [0.15, 0.2) is 11.5 Å². The Morgan fingerprint density at radius 1 is 0.955 bits per heavy atom. The van der Waals surface area contributed by atoms with Crippen LogP contribution in [0.1, 0.15) is 60.9 Å². The molecule has 2 aliphatic heterocycles. The first-order chi connectivity index (χ1) is 21.3. The van der Waals surface area contributed by atoms with Crippen LogP contribution in [0.25, 0.3) is 0 Å². The fourth-order valence-electron chi connectivity index (χ4n) is 6.49. The van der Waals surface area contributed by atoms with Gasteiger partial charge in [-0.15, -0.1) is 0 Å². The van der Waals surface area contributed by atoms with Gasteiger partial charge < -0.3 is 24.6 Å². The number of hydrogen-bond acceptors (Lipinski definition) is 6. The van der Waals surface area contributed by atoms with Gasteiger partial charge in [-0.05, 0) is 90.3 Å². The lowest BCUT2D eigenvalue weighted by Crippen LogP contribution is -2.35. The summed E-state index contributed by atoms with van der Waals surface area (Å²) in [6, 6.07) is 15.5. The summed E-state index contributed by atoms with van der Waals surface area (Å²) in [7, 11) is 0. The van der Waals surface area contributed by atoms with Gasteiger partial charge in [0, 0.05) is 24.2 Å². The average Bonchev–Trinajstić information content (AvgIpc) is 3.79. The summed E-state index contributed by atoms with van der Waals surface area (Å²) in [6.45, 7) is 5.74. The molecule has 1 amide bonds. The van der Waals surface area contributed by atoms with E-state index < -0.39 is 23.8 Å². The summed E-state index contributed by atoms with van der Waals surface area (Å²) in [4.78, 5) is 28.6. The predicted octanol–water partition coefficient (Wildman–Crippen LogP) is 5.99. The van der Waals surface area contributed by atoms with E-state index >= 15 is 0 Å². The lowest BCUT2D eigenvalue weighted by atomic mass is 9.82. The highest BCUT2D eigenvalue weighted by atomic mass is 19.1. The quantitative estimate of drug-likeness (QED) is 0.278. The number of aliphatic carboxylic acids is 1. The number of carbonyl (C=O) groups excluding carboxylic acids is 1. The minimum atomic E-state index is -0.938. The maximum absolute atomic E-state index is 14.2. The maximum Gasteiger partial charge on any atom is 0.309 e. The van der Waals surface area contributed by atoms with Gasteiger partial charge in [-0.1, -0.05) is 32.0 Å². The zero-order chi connectivity index (χ0) is 30.8. The number of carboxylic acids is 1. The van der Waals surface area contributed by atoms with Crippen molar-refractivity contribution < 1.29 is 33.3 Å². The normalized spacial score (nSPS) is 21.2. The van der Waals surface area contributed by atoms with Gasteiger partial charge in [-0.3, -0.25) is 14.5 Å². The van der Waals surface area contributed by atoms with Crippen LogP contribution in [-0.2, 0) is 22.4 Å². The largest absolute Gasteiger partial charge is 0.493 e. The number of nitrogens with one attached hydrogen (secondary N) is 1. The van der Waals surface area contributed by atoms with Crippen LogP contribution in [-0.4, -0.2) is 54.8 Å². The van der Waals surface area contributed by atoms with E-state index in [2.05, 4.69) is 5.32 Å². The Kier molecular flexibility index (Phi) is 8.75. The first-order valence-corrected chi connectivity index (χ1v) is 15.5. The molecule has 1 saturated heterocycles. The van der Waals surface area contributed by atoms with Crippen LogP contribution < -0.4 is 19.5 Å². The summed E-state index contributed by atoms with van der Waals surface area (Å²) >= 11 is 0. The topological polar surface area (TPSA) is 97.3 Å². The van der Waals surface area contributed by atoms with E-state index in [1.54, 1.807) is 0 Å². The van der Waals surface area contributed by atoms with Crippen molar-refractivity contribution in [2.45, 2.75) is 51.5 Å². The minimum absolute atomic E-state index is 0.0287. The number of nitrogens with zero attached hydrogens (tertiary/aromatic N) is 1. The average molecular weight is 603 g/mol. The number of ether oxygens (including phenoxy) is 3. The molecule has 3 aliphatic rings.